The molecule has 0 spiro atoms. The van der Waals surface area contributed by atoms with Gasteiger partial charge in [-0.3, -0.25) is 0 Å². The Bertz CT molecular complexity index is 2160. The van der Waals surface area contributed by atoms with Crippen LogP contribution in [0.2, 0.25) is 0 Å². The summed E-state index contributed by atoms with van der Waals surface area (Å²) in [5.74, 6) is 0. The lowest BCUT2D eigenvalue weighted by Gasteiger charge is -2.17. The number of para-hydroxylation sites is 2. The summed E-state index contributed by atoms with van der Waals surface area (Å²) >= 11 is 0. The number of rotatable bonds is 4. The molecule has 4 heteroatoms. The van der Waals surface area contributed by atoms with Crippen LogP contribution in [0.5, 0.6) is 0 Å². The van der Waals surface area contributed by atoms with E-state index < -0.39 is 0 Å². The van der Waals surface area contributed by atoms with Crippen molar-refractivity contribution < 1.29 is 4.42 Å². The molecule has 6 aromatic carbocycles. The summed E-state index contributed by atoms with van der Waals surface area (Å²) in [7, 11) is 0. The van der Waals surface area contributed by atoms with Crippen molar-refractivity contribution in [1.29, 1.82) is 0 Å². The highest BCUT2D eigenvalue weighted by Gasteiger charge is 2.19. The van der Waals surface area contributed by atoms with Crippen LogP contribution in [0.3, 0.4) is 0 Å². The average Bonchev–Trinajstić information content (AvgIpc) is 3.63. The topological polar surface area (TPSA) is 43.9 Å². The van der Waals surface area contributed by atoms with Crippen molar-refractivity contribution in [1.82, 2.24) is 15.0 Å². The predicted octanol–water partition coefficient (Wildman–Crippen LogP) is 9.32. The van der Waals surface area contributed by atoms with Crippen molar-refractivity contribution in [3.63, 3.8) is 0 Å². The Morgan fingerprint density at radius 1 is 0.475 bits per heavy atom. The van der Waals surface area contributed by atoms with Crippen molar-refractivity contribution >= 4 is 33.0 Å². The van der Waals surface area contributed by atoms with Gasteiger partial charge in [0, 0.05) is 10.8 Å². The van der Waals surface area contributed by atoms with E-state index in [0.717, 1.165) is 66.5 Å². The molecule has 2 heterocycles. The molecule has 0 aliphatic heterocycles. The first kappa shape index (κ1) is 22.5. The van der Waals surface area contributed by atoms with E-state index in [1.165, 1.54) is 5.56 Å². The Labute approximate surface area is 230 Å². The molecule has 0 unspecified atom stereocenters. The molecule has 0 aliphatic carbocycles. The van der Waals surface area contributed by atoms with E-state index in [1.54, 1.807) is 4.80 Å². The van der Waals surface area contributed by atoms with Crippen molar-refractivity contribution in [2.24, 2.45) is 0 Å². The van der Waals surface area contributed by atoms with Gasteiger partial charge in [0.15, 0.2) is 0 Å². The fourth-order valence-electron chi connectivity index (χ4n) is 5.69. The van der Waals surface area contributed by atoms with Crippen LogP contribution >= 0.6 is 0 Å². The first-order valence-corrected chi connectivity index (χ1v) is 13.4. The van der Waals surface area contributed by atoms with Crippen LogP contribution in [0, 0.1) is 0 Å². The third-order valence-electron chi connectivity index (χ3n) is 7.50. The van der Waals surface area contributed by atoms with Gasteiger partial charge < -0.3 is 4.42 Å². The molecule has 8 aromatic rings. The number of hydrogen-bond donors (Lipinski definition) is 0. The summed E-state index contributed by atoms with van der Waals surface area (Å²) in [5.41, 5.74) is 11.3. The maximum Gasteiger partial charge on any atom is 0.136 e. The number of nitrogens with zero attached hydrogens (tertiary/aromatic N) is 3. The summed E-state index contributed by atoms with van der Waals surface area (Å²) in [6, 6.07) is 48.1. The number of hydrogen-bond acceptors (Lipinski definition) is 3. The molecule has 8 rings (SSSR count). The third-order valence-corrected chi connectivity index (χ3v) is 7.50. The highest BCUT2D eigenvalue weighted by Crippen LogP contribution is 2.44. The molecular weight excluding hydrogens is 490 g/mol. The van der Waals surface area contributed by atoms with E-state index in [9.17, 15) is 0 Å². The van der Waals surface area contributed by atoms with Crippen molar-refractivity contribution in [2.45, 2.75) is 0 Å². The third kappa shape index (κ3) is 3.62. The van der Waals surface area contributed by atoms with Gasteiger partial charge in [-0.15, -0.1) is 10.2 Å². The fourth-order valence-corrected chi connectivity index (χ4v) is 5.69. The molecule has 0 amide bonds. The summed E-state index contributed by atoms with van der Waals surface area (Å²) in [6.07, 6.45) is 0. The van der Waals surface area contributed by atoms with E-state index in [2.05, 4.69) is 97.1 Å². The van der Waals surface area contributed by atoms with Crippen molar-refractivity contribution in [3.8, 4) is 39.1 Å². The molecule has 0 bridgehead atoms. The first-order valence-electron chi connectivity index (χ1n) is 13.4. The number of aromatic nitrogens is 3. The molecule has 0 atom stereocenters. The molecule has 0 N–H and O–H groups in total. The van der Waals surface area contributed by atoms with Crippen molar-refractivity contribution in [2.75, 3.05) is 0 Å². The Balaban J connectivity index is 1.38. The largest absolute Gasteiger partial charge is 0.456 e. The monoisotopic (exact) mass is 513 g/mol. The van der Waals surface area contributed by atoms with Gasteiger partial charge >= 0.3 is 0 Å². The van der Waals surface area contributed by atoms with Crippen LogP contribution in [-0.2, 0) is 0 Å². The van der Waals surface area contributed by atoms with Crippen LogP contribution < -0.4 is 0 Å². The van der Waals surface area contributed by atoms with Gasteiger partial charge in [0.1, 0.15) is 22.2 Å². The second-order valence-corrected chi connectivity index (χ2v) is 9.90. The highest BCUT2D eigenvalue weighted by atomic mass is 16.3. The van der Waals surface area contributed by atoms with E-state index in [1.807, 2.05) is 42.5 Å². The molecule has 0 fully saturated rings. The Kier molecular flexibility index (Phi) is 5.10. The van der Waals surface area contributed by atoms with E-state index in [0.29, 0.717) is 0 Å². The molecule has 0 saturated carbocycles. The van der Waals surface area contributed by atoms with E-state index in [-0.39, 0.29) is 0 Å². The second kappa shape index (κ2) is 9.07. The zero-order valence-electron chi connectivity index (χ0n) is 21.5. The lowest BCUT2D eigenvalue weighted by Crippen LogP contribution is -1.97. The quantitative estimate of drug-likeness (QED) is 0.235. The minimum atomic E-state index is 0.855. The van der Waals surface area contributed by atoms with Gasteiger partial charge in [0.05, 0.1) is 5.69 Å². The normalized spacial score (nSPS) is 11.5. The number of benzene rings is 6. The SMILES string of the molecule is c1ccc(-c2c(-c3ccc4nn(-c5ccccc5)nc4c3)cccc2-c2cccc3oc4ccccc4c23)cc1. The standard InChI is InChI=1S/C36H23N3O/c1-3-11-24(12-4-1)35-27(25-21-22-31-32(23-25)38-39(37-31)26-13-5-2-6-14-26)16-9-17-28(35)29-18-10-20-34-36(29)30-15-7-8-19-33(30)40-34/h1-23H. The average molecular weight is 514 g/mol. The summed E-state index contributed by atoms with van der Waals surface area (Å²) < 4.78 is 6.24. The maximum absolute atomic E-state index is 6.24. The minimum Gasteiger partial charge on any atom is -0.456 e. The molecule has 0 radical (unpaired) electrons. The molecule has 4 nitrogen and oxygen atoms in total. The fraction of sp³-hybridized carbons (Fsp3) is 0. The van der Waals surface area contributed by atoms with Crippen LogP contribution in [0.15, 0.2) is 144 Å². The van der Waals surface area contributed by atoms with Crippen LogP contribution in [0.25, 0.3) is 72.0 Å². The number of fused-ring (bicyclic) bond motifs is 4. The van der Waals surface area contributed by atoms with Gasteiger partial charge in [-0.25, -0.2) is 0 Å². The molecule has 0 aliphatic rings. The van der Waals surface area contributed by atoms with E-state index >= 15 is 0 Å². The smallest absolute Gasteiger partial charge is 0.136 e. The number of furan rings is 1. The lowest BCUT2D eigenvalue weighted by atomic mass is 9.86. The minimum absolute atomic E-state index is 0.855. The summed E-state index contributed by atoms with van der Waals surface area (Å²) in [4.78, 5) is 1.70. The second-order valence-electron chi connectivity index (χ2n) is 9.90. The van der Waals surface area contributed by atoms with Gasteiger partial charge in [0.2, 0.25) is 0 Å². The Hall–Kier alpha value is -5.48. The predicted molar refractivity (Wildman–Crippen MR) is 162 cm³/mol. The van der Waals surface area contributed by atoms with Crippen LogP contribution in [0.1, 0.15) is 0 Å². The molecule has 2 aromatic heterocycles. The summed E-state index contributed by atoms with van der Waals surface area (Å²) in [5, 5.41) is 11.8. The maximum atomic E-state index is 6.24. The van der Waals surface area contributed by atoms with Gasteiger partial charge in [0.25, 0.3) is 0 Å². The lowest BCUT2D eigenvalue weighted by molar-refractivity contribution is 0.669. The molecule has 0 saturated heterocycles. The van der Waals surface area contributed by atoms with E-state index in [4.69, 9.17) is 14.6 Å². The van der Waals surface area contributed by atoms with Crippen LogP contribution in [-0.4, -0.2) is 15.0 Å². The summed E-state index contributed by atoms with van der Waals surface area (Å²) in [6.45, 7) is 0. The van der Waals surface area contributed by atoms with Gasteiger partial charge in [-0.05, 0) is 69.8 Å². The van der Waals surface area contributed by atoms with Gasteiger partial charge in [-0.2, -0.15) is 4.80 Å². The highest BCUT2D eigenvalue weighted by molar-refractivity contribution is 6.14. The zero-order valence-corrected chi connectivity index (χ0v) is 21.5. The molecular formula is C36H23N3O. The first-order chi connectivity index (χ1) is 19.8. The molecule has 188 valence electrons. The molecule has 40 heavy (non-hydrogen) atoms. The Morgan fingerprint density at radius 2 is 1.15 bits per heavy atom. The Morgan fingerprint density at radius 3 is 2.02 bits per heavy atom. The van der Waals surface area contributed by atoms with Crippen LogP contribution in [0.4, 0.5) is 0 Å². The van der Waals surface area contributed by atoms with Crippen molar-refractivity contribution in [3.05, 3.63) is 140 Å². The zero-order chi connectivity index (χ0) is 26.5. The van der Waals surface area contributed by atoms with Gasteiger partial charge in [-0.1, -0.05) is 103 Å².